The molecule has 100 valence electrons. The van der Waals surface area contributed by atoms with Crippen molar-refractivity contribution in [2.75, 3.05) is 13.1 Å². The molecular formula is C14H14F2N2S. The molecule has 1 heterocycles. The summed E-state index contributed by atoms with van der Waals surface area (Å²) in [5, 5.41) is 0.369. The van der Waals surface area contributed by atoms with E-state index in [-0.39, 0.29) is 5.41 Å². The van der Waals surface area contributed by atoms with Gasteiger partial charge >= 0.3 is 0 Å². The molecule has 19 heavy (non-hydrogen) atoms. The molecule has 1 unspecified atom stereocenters. The number of benzene rings is 1. The predicted molar refractivity (Wildman–Crippen MR) is 74.4 cm³/mol. The summed E-state index contributed by atoms with van der Waals surface area (Å²) < 4.78 is 26.4. The molecule has 1 aromatic rings. The van der Waals surface area contributed by atoms with E-state index in [0.29, 0.717) is 17.6 Å². The normalized spacial score (nSPS) is 27.2. The second-order valence-electron chi connectivity index (χ2n) is 4.93. The molecule has 2 nitrogen and oxygen atoms in total. The van der Waals surface area contributed by atoms with Crippen molar-refractivity contribution in [3.8, 4) is 12.8 Å². The van der Waals surface area contributed by atoms with Crippen molar-refractivity contribution in [3.05, 3.63) is 35.4 Å². The number of halogens is 2. The van der Waals surface area contributed by atoms with Gasteiger partial charge in [0.05, 0.1) is 0 Å². The monoisotopic (exact) mass is 280 g/mol. The highest BCUT2D eigenvalue weighted by atomic mass is 32.1. The van der Waals surface area contributed by atoms with Crippen LogP contribution in [0.2, 0.25) is 0 Å². The Bertz CT molecular complexity index is 523. The molecular weight excluding hydrogens is 266 g/mol. The third kappa shape index (κ3) is 2.28. The van der Waals surface area contributed by atoms with Gasteiger partial charge in [-0.15, -0.1) is 12.8 Å². The minimum Gasteiger partial charge on any atom is -0.376 e. The molecule has 3 rings (SSSR count). The van der Waals surface area contributed by atoms with Gasteiger partial charge in [0.15, 0.2) is 5.11 Å². The molecule has 1 saturated heterocycles. The first-order valence-electron chi connectivity index (χ1n) is 5.85. The van der Waals surface area contributed by atoms with Crippen LogP contribution in [0.5, 0.6) is 0 Å². The average molecular weight is 280 g/mol. The van der Waals surface area contributed by atoms with E-state index in [1.54, 1.807) is 0 Å². The molecule has 2 atom stereocenters. The van der Waals surface area contributed by atoms with Crippen LogP contribution in [-0.4, -0.2) is 23.1 Å². The summed E-state index contributed by atoms with van der Waals surface area (Å²) in [6.45, 7) is 1.48. The first-order valence-corrected chi connectivity index (χ1v) is 6.26. The van der Waals surface area contributed by atoms with E-state index in [9.17, 15) is 8.78 Å². The number of nitrogens with zero attached hydrogens (tertiary/aromatic N) is 1. The number of likely N-dealkylation sites (tertiary alicyclic amines) is 1. The highest BCUT2D eigenvalue weighted by Crippen LogP contribution is 2.59. The van der Waals surface area contributed by atoms with Crippen molar-refractivity contribution < 1.29 is 8.78 Å². The Morgan fingerprint density at radius 3 is 2.37 bits per heavy atom. The second-order valence-corrected chi connectivity index (χ2v) is 5.35. The Kier molecular flexibility index (Phi) is 3.46. The van der Waals surface area contributed by atoms with Crippen LogP contribution in [0.15, 0.2) is 18.2 Å². The summed E-state index contributed by atoms with van der Waals surface area (Å²) in [5.41, 5.74) is 6.19. The summed E-state index contributed by atoms with van der Waals surface area (Å²) >= 11 is 4.94. The van der Waals surface area contributed by atoms with Crippen molar-refractivity contribution in [1.82, 2.24) is 4.90 Å². The zero-order valence-electron chi connectivity index (χ0n) is 10.3. The topological polar surface area (TPSA) is 29.3 Å². The first-order chi connectivity index (χ1) is 9.01. The Labute approximate surface area is 116 Å². The van der Waals surface area contributed by atoms with Crippen LogP contribution < -0.4 is 5.73 Å². The van der Waals surface area contributed by atoms with Crippen LogP contribution in [0.4, 0.5) is 8.78 Å². The molecule has 2 N–H and O–H groups in total. The summed E-state index contributed by atoms with van der Waals surface area (Å²) in [4.78, 5) is 1.91. The third-order valence-corrected chi connectivity index (χ3v) is 4.15. The largest absolute Gasteiger partial charge is 0.376 e. The van der Waals surface area contributed by atoms with Gasteiger partial charge in [-0.05, 0) is 42.3 Å². The van der Waals surface area contributed by atoms with Crippen LogP contribution in [0.3, 0.4) is 0 Å². The maximum Gasteiger partial charge on any atom is 0.166 e. The number of hydrogen-bond donors (Lipinski definition) is 1. The summed E-state index contributed by atoms with van der Waals surface area (Å²) in [5.74, 6) is -0.618. The van der Waals surface area contributed by atoms with Gasteiger partial charge in [0.25, 0.3) is 0 Å². The quantitative estimate of drug-likeness (QED) is 0.630. The Morgan fingerprint density at radius 1 is 1.32 bits per heavy atom. The Morgan fingerprint density at radius 2 is 1.89 bits per heavy atom. The maximum atomic E-state index is 13.2. The van der Waals surface area contributed by atoms with Crippen LogP contribution in [0.1, 0.15) is 12.0 Å². The number of hydrogen-bond acceptors (Lipinski definition) is 1. The Balaban J connectivity index is 0.000000637. The average Bonchev–Trinajstić information content (AvgIpc) is 2.93. The SMILES string of the molecule is C#C.NC(=S)N1CC2C[C@]2(c2cc(F)cc(F)c2)C1. The van der Waals surface area contributed by atoms with E-state index in [0.717, 1.165) is 24.6 Å². The first kappa shape index (κ1) is 13.8. The van der Waals surface area contributed by atoms with Gasteiger partial charge in [0.2, 0.25) is 0 Å². The number of terminal acetylenes is 1. The van der Waals surface area contributed by atoms with Gasteiger partial charge < -0.3 is 10.6 Å². The number of piperidine rings is 1. The van der Waals surface area contributed by atoms with Crippen LogP contribution in [0.25, 0.3) is 0 Å². The zero-order valence-corrected chi connectivity index (χ0v) is 11.1. The number of rotatable bonds is 1. The Hall–Kier alpha value is -1.67. The minimum absolute atomic E-state index is 0.133. The fourth-order valence-corrected chi connectivity index (χ4v) is 3.08. The lowest BCUT2D eigenvalue weighted by Crippen LogP contribution is -2.36. The molecule has 1 aliphatic carbocycles. The molecule has 0 bridgehead atoms. The van der Waals surface area contributed by atoms with Gasteiger partial charge in [-0.2, -0.15) is 0 Å². The molecule has 0 amide bonds. The smallest absolute Gasteiger partial charge is 0.166 e. The fraction of sp³-hybridized carbons (Fsp3) is 0.357. The van der Waals surface area contributed by atoms with E-state index in [1.807, 2.05) is 4.90 Å². The van der Waals surface area contributed by atoms with Gasteiger partial charge in [-0.25, -0.2) is 8.78 Å². The van der Waals surface area contributed by atoms with Gasteiger partial charge in [0.1, 0.15) is 11.6 Å². The maximum absolute atomic E-state index is 13.2. The van der Waals surface area contributed by atoms with Crippen molar-refractivity contribution >= 4 is 17.3 Å². The molecule has 1 aliphatic heterocycles. The van der Waals surface area contributed by atoms with Crippen molar-refractivity contribution in [2.24, 2.45) is 11.7 Å². The summed E-state index contributed by atoms with van der Waals surface area (Å²) in [6, 6.07) is 3.75. The molecule has 0 radical (unpaired) electrons. The number of thiocarbonyl (C=S) groups is 1. The lowest BCUT2D eigenvalue weighted by Gasteiger charge is -2.21. The summed E-state index contributed by atoms with van der Waals surface area (Å²) in [7, 11) is 0. The van der Waals surface area contributed by atoms with E-state index in [2.05, 4.69) is 12.8 Å². The van der Waals surface area contributed by atoms with E-state index >= 15 is 0 Å². The lowest BCUT2D eigenvalue weighted by molar-refractivity contribution is 0.449. The highest BCUT2D eigenvalue weighted by Gasteiger charge is 2.61. The number of fused-ring (bicyclic) bond motifs is 1. The summed E-state index contributed by atoms with van der Waals surface area (Å²) in [6.07, 6.45) is 8.97. The molecule has 0 aromatic heterocycles. The standard InChI is InChI=1S/C12H12F2N2S.C2H2/c13-9-1-7(2-10(14)3-9)12-4-8(12)5-16(6-12)11(15)17;1-2/h1-3,8H,4-6H2,(H2,15,17);1-2H/t8?,12-;/m1./s1. The van der Waals surface area contributed by atoms with E-state index in [1.165, 1.54) is 12.1 Å². The molecule has 2 aliphatic rings. The van der Waals surface area contributed by atoms with Crippen LogP contribution in [-0.2, 0) is 5.41 Å². The molecule has 5 heteroatoms. The molecule has 1 aromatic carbocycles. The number of nitrogens with two attached hydrogens (primary N) is 1. The van der Waals surface area contributed by atoms with Crippen molar-refractivity contribution in [2.45, 2.75) is 11.8 Å². The zero-order chi connectivity index (χ0) is 14.2. The van der Waals surface area contributed by atoms with Crippen molar-refractivity contribution in [3.63, 3.8) is 0 Å². The van der Waals surface area contributed by atoms with E-state index in [4.69, 9.17) is 18.0 Å². The van der Waals surface area contributed by atoms with E-state index < -0.39 is 11.6 Å². The lowest BCUT2D eigenvalue weighted by atomic mass is 9.95. The van der Waals surface area contributed by atoms with Gasteiger partial charge in [-0.1, -0.05) is 0 Å². The van der Waals surface area contributed by atoms with Gasteiger partial charge in [-0.3, -0.25) is 0 Å². The third-order valence-electron chi connectivity index (χ3n) is 3.89. The van der Waals surface area contributed by atoms with Gasteiger partial charge in [0, 0.05) is 24.6 Å². The second kappa shape index (κ2) is 4.78. The fourth-order valence-electron chi connectivity index (χ4n) is 2.94. The predicted octanol–water partition coefficient (Wildman–Crippen LogP) is 2.03. The minimum atomic E-state index is -0.520. The molecule has 2 fully saturated rings. The highest BCUT2D eigenvalue weighted by molar-refractivity contribution is 7.80. The molecule has 0 spiro atoms. The molecule has 1 saturated carbocycles. The van der Waals surface area contributed by atoms with Crippen LogP contribution in [0, 0.1) is 30.4 Å². The van der Waals surface area contributed by atoms with Crippen LogP contribution >= 0.6 is 12.2 Å². The van der Waals surface area contributed by atoms with Crippen molar-refractivity contribution in [1.29, 1.82) is 0 Å².